The molecule has 0 spiro atoms. The standard InChI is InChI=1S/C18H29N5O6/c1-20-9-11-22(12-10-20)13-14(24)19-7-8-21(2)15(25)5-6-18(28)29-23-16(26)3-4-17(23)27/h3-13H2,1-2H3,(H,19,24)/i5+1,6+1,9+1,11+1,14+1,15+1,18+1,22+1. The van der Waals surface area contributed by atoms with Crippen molar-refractivity contribution < 1.29 is 28.8 Å². The molecule has 4 amide bonds. The Kier molecular flexibility index (Phi) is 8.52. The molecule has 11 heteroatoms. The Morgan fingerprint density at radius 3 is 2.28 bits per heavy atom. The molecule has 0 radical (unpaired) electrons. The largest absolute Gasteiger partial charge is 0.353 e. The molecule has 2 heterocycles. The van der Waals surface area contributed by atoms with Crippen LogP contribution in [-0.4, -0.2) is 109 Å². The number of hydroxylamine groups is 2. The summed E-state index contributed by atoms with van der Waals surface area (Å²) in [5.41, 5.74) is 0. The third-order valence-corrected chi connectivity index (χ3v) is 4.90. The van der Waals surface area contributed by atoms with Gasteiger partial charge in [-0.15, -0.1) is 5.06 Å². The summed E-state index contributed by atoms with van der Waals surface area (Å²) in [6.45, 7) is 4.55. The van der Waals surface area contributed by atoms with Crippen LogP contribution in [0.2, 0.25) is 0 Å². The van der Waals surface area contributed by atoms with Crippen LogP contribution in [0.5, 0.6) is 0 Å². The molecule has 0 saturated carbocycles. The SMILES string of the molecule is CN1CC[15N](C[13C](=O)NCCN(C)[13C](=O)[13CH2][13CH2][13C](=O)ON2C(=O)CCC2=O)[13CH2][13CH2]1. The number of imide groups is 1. The van der Waals surface area contributed by atoms with E-state index in [4.69, 9.17) is 4.84 Å². The highest BCUT2D eigenvalue weighted by Crippen LogP contribution is 2.13. The number of nitrogens with zero attached hydrogens (tertiary/aromatic N) is 4. The van der Waals surface area contributed by atoms with Crippen molar-refractivity contribution in [2.24, 2.45) is 0 Å². The first-order valence-electron chi connectivity index (χ1n) is 9.74. The van der Waals surface area contributed by atoms with E-state index in [1.807, 2.05) is 0 Å². The van der Waals surface area contributed by atoms with Crippen LogP contribution in [0.15, 0.2) is 0 Å². The molecule has 0 aromatic rings. The van der Waals surface area contributed by atoms with E-state index in [2.05, 4.69) is 22.2 Å². The van der Waals surface area contributed by atoms with Crippen molar-refractivity contribution in [2.45, 2.75) is 25.7 Å². The topological polar surface area (TPSA) is 120 Å². The molecule has 2 aliphatic rings. The molecule has 11 nitrogen and oxygen atoms in total. The first-order chi connectivity index (χ1) is 13.8. The molecule has 162 valence electrons. The molecule has 2 aliphatic heterocycles. The number of likely N-dealkylation sites (N-methyl/N-ethyl adjacent to an activating group) is 2. The predicted molar refractivity (Wildman–Crippen MR) is 101 cm³/mol. The highest BCUT2D eigenvalue weighted by Gasteiger charge is 2.32. The molecule has 0 aromatic heterocycles. The Balaban J connectivity index is 1.58. The Morgan fingerprint density at radius 2 is 1.66 bits per heavy atom. The van der Waals surface area contributed by atoms with Crippen LogP contribution in [0.4, 0.5) is 0 Å². The van der Waals surface area contributed by atoms with E-state index < -0.39 is 17.8 Å². The van der Waals surface area contributed by atoms with Gasteiger partial charge < -0.3 is 20.0 Å². The third kappa shape index (κ3) is 7.42. The van der Waals surface area contributed by atoms with Crippen LogP contribution >= 0.6 is 0 Å². The van der Waals surface area contributed by atoms with E-state index >= 15 is 0 Å². The minimum absolute atomic E-state index is 0.0221. The van der Waals surface area contributed by atoms with Gasteiger partial charge in [0, 0.05) is 65.6 Å². The van der Waals surface area contributed by atoms with E-state index in [0.29, 0.717) is 24.7 Å². The van der Waals surface area contributed by atoms with Gasteiger partial charge in [-0.25, -0.2) is 4.79 Å². The summed E-state index contributed by atoms with van der Waals surface area (Å²) in [4.78, 5) is 69.0. The molecule has 1 N–H and O–H groups in total. The Labute approximate surface area is 169 Å². The van der Waals surface area contributed by atoms with Crippen LogP contribution in [0, 0.1) is 0 Å². The van der Waals surface area contributed by atoms with Crippen LogP contribution in [0.1, 0.15) is 25.7 Å². The smallest absolute Gasteiger partial charge is 0.333 e. The second kappa shape index (κ2) is 10.9. The minimum atomic E-state index is -0.809. The number of amides is 4. The van der Waals surface area contributed by atoms with Gasteiger partial charge in [-0.05, 0) is 7.05 Å². The monoisotopic (exact) mass is 419 g/mol. The van der Waals surface area contributed by atoms with E-state index in [1.54, 1.807) is 7.05 Å². The van der Waals surface area contributed by atoms with Gasteiger partial charge in [-0.1, -0.05) is 0 Å². The molecule has 29 heavy (non-hydrogen) atoms. The van der Waals surface area contributed by atoms with Crippen LogP contribution < -0.4 is 5.32 Å². The van der Waals surface area contributed by atoms with Gasteiger partial charge in [0.2, 0.25) is 11.8 Å². The average Bonchev–Trinajstić information content (AvgIpc) is 2.99. The molecule has 2 rings (SSSR count). The highest BCUT2D eigenvalue weighted by atomic mass is 16.8. The van der Waals surface area contributed by atoms with Crippen molar-refractivity contribution in [3.63, 3.8) is 0 Å². The molecule has 0 atom stereocenters. The van der Waals surface area contributed by atoms with E-state index in [-0.39, 0.29) is 37.5 Å². The number of nitrogens with one attached hydrogen (secondary N) is 1. The molecule has 0 unspecified atom stereocenters. The lowest BCUT2D eigenvalue weighted by molar-refractivity contribution is -0.197. The summed E-state index contributed by atoms with van der Waals surface area (Å²) in [5.74, 6) is -2.30. The third-order valence-electron chi connectivity index (χ3n) is 4.90. The molecular formula is C18H29N5O6. The van der Waals surface area contributed by atoms with Gasteiger partial charge in [0.25, 0.3) is 11.8 Å². The Morgan fingerprint density at radius 1 is 1.03 bits per heavy atom. The summed E-state index contributed by atoms with van der Waals surface area (Å²) < 4.78 is 0. The quantitative estimate of drug-likeness (QED) is 0.264. The summed E-state index contributed by atoms with van der Waals surface area (Å²) >= 11 is 0. The molecule has 2 saturated heterocycles. The summed E-state index contributed by atoms with van der Waals surface area (Å²) in [5, 5.41) is 3.25. The average molecular weight is 419 g/mol. The van der Waals surface area contributed by atoms with Gasteiger partial charge in [-0.3, -0.25) is 24.1 Å². The second-order valence-corrected chi connectivity index (χ2v) is 7.29. The lowest BCUT2D eigenvalue weighted by Crippen LogP contribution is -2.48. The number of hydrogen-bond donors (Lipinski definition) is 1. The molecular weight excluding hydrogens is 390 g/mol. The predicted octanol–water partition coefficient (Wildman–Crippen LogP) is -1.80. The summed E-state index contributed by atoms with van der Waals surface area (Å²) in [6.07, 6.45) is -0.306. The number of rotatable bonds is 9. The van der Waals surface area contributed by atoms with Crippen LogP contribution in [0.25, 0.3) is 0 Å². The molecule has 2 fully saturated rings. The first kappa shape index (κ1) is 22.8. The van der Waals surface area contributed by atoms with E-state index in [1.165, 1.54) is 4.90 Å². The molecule has 0 bridgehead atoms. The van der Waals surface area contributed by atoms with Crippen molar-refractivity contribution in [1.29, 1.82) is 0 Å². The highest BCUT2D eigenvalue weighted by molar-refractivity contribution is 6.01. The molecule has 0 aliphatic carbocycles. The van der Waals surface area contributed by atoms with Gasteiger partial charge in [0.1, 0.15) is 0 Å². The van der Waals surface area contributed by atoms with Crippen molar-refractivity contribution in [3.05, 3.63) is 0 Å². The van der Waals surface area contributed by atoms with Gasteiger partial charge in [-0.2, -0.15) is 0 Å². The number of carbonyl (C=O) groups is 5. The zero-order valence-corrected chi connectivity index (χ0v) is 17.0. The lowest BCUT2D eigenvalue weighted by atomic mass is 10.4. The normalized spacial score (nSPS) is 18.1. The van der Waals surface area contributed by atoms with Crippen LogP contribution in [-0.2, 0) is 28.8 Å². The summed E-state index contributed by atoms with van der Waals surface area (Å²) in [7, 11) is 3.63. The molecule has 0 aromatic carbocycles. The van der Waals surface area contributed by atoms with Crippen molar-refractivity contribution in [3.8, 4) is 0 Å². The van der Waals surface area contributed by atoms with Gasteiger partial charge in [0.05, 0.1) is 13.0 Å². The fourth-order valence-corrected chi connectivity index (χ4v) is 2.96. The Bertz CT molecular complexity index is 631. The second-order valence-electron chi connectivity index (χ2n) is 7.29. The fraction of sp³-hybridized carbons (Fsp3) is 0.722. The van der Waals surface area contributed by atoms with Crippen LogP contribution in [0.3, 0.4) is 0 Å². The maximum absolute atomic E-state index is 12.1. The summed E-state index contributed by atoms with van der Waals surface area (Å²) in [6, 6.07) is 0. The lowest BCUT2D eigenvalue weighted by Gasteiger charge is -2.31. The Hall–Kier alpha value is -2.53. The van der Waals surface area contributed by atoms with Gasteiger partial charge in [0.15, 0.2) is 0 Å². The van der Waals surface area contributed by atoms with Gasteiger partial charge >= 0.3 is 5.97 Å². The number of carbonyl (C=O) groups excluding carboxylic acids is 5. The first-order valence-corrected chi connectivity index (χ1v) is 9.74. The number of piperazine rings is 1. The minimum Gasteiger partial charge on any atom is -0.353 e. The van der Waals surface area contributed by atoms with Crippen molar-refractivity contribution in [1.82, 2.24) is 25.1 Å². The van der Waals surface area contributed by atoms with E-state index in [0.717, 1.165) is 26.2 Å². The van der Waals surface area contributed by atoms with E-state index in [9.17, 15) is 24.0 Å². The number of hydrogen-bond acceptors (Lipinski definition) is 8. The fourth-order valence-electron chi connectivity index (χ4n) is 2.96. The maximum atomic E-state index is 12.1. The van der Waals surface area contributed by atoms with Crippen molar-refractivity contribution >= 4 is 29.6 Å². The van der Waals surface area contributed by atoms with Crippen molar-refractivity contribution in [2.75, 3.05) is 59.9 Å². The zero-order chi connectivity index (χ0) is 21.4. The zero-order valence-electron chi connectivity index (χ0n) is 17.0. The maximum Gasteiger partial charge on any atom is 0.333 e.